The molecule has 4 heteroatoms. The van der Waals surface area contributed by atoms with E-state index in [1.165, 1.54) is 16.7 Å². The molecular formula is C18H29NO3. The molecule has 1 aliphatic heterocycles. The van der Waals surface area contributed by atoms with Gasteiger partial charge in [-0.3, -0.25) is 0 Å². The molecule has 0 saturated carbocycles. The molecule has 0 radical (unpaired) electrons. The number of ether oxygens (including phenoxy) is 2. The number of rotatable bonds is 7. The molecule has 2 rings (SSSR count). The maximum Gasteiger partial charge on any atom is 0.0898 e. The maximum atomic E-state index is 10.1. The van der Waals surface area contributed by atoms with Crippen molar-refractivity contribution in [1.82, 2.24) is 5.32 Å². The minimum absolute atomic E-state index is 0.220. The highest BCUT2D eigenvalue weighted by Crippen LogP contribution is 2.20. The molecule has 0 amide bonds. The number of nitrogens with one attached hydrogen (secondary N) is 1. The number of hydrogen-bond donors (Lipinski definition) is 2. The highest BCUT2D eigenvalue weighted by Gasteiger charge is 2.16. The van der Waals surface area contributed by atoms with E-state index in [0.717, 1.165) is 26.1 Å². The molecule has 0 aromatic heterocycles. The van der Waals surface area contributed by atoms with Crippen LogP contribution < -0.4 is 5.32 Å². The van der Waals surface area contributed by atoms with Crippen LogP contribution in [0.25, 0.3) is 0 Å². The minimum Gasteiger partial charge on any atom is -0.389 e. The van der Waals surface area contributed by atoms with Crippen molar-refractivity contribution in [3.05, 3.63) is 34.9 Å². The van der Waals surface area contributed by atoms with E-state index in [2.05, 4.69) is 44.3 Å². The van der Waals surface area contributed by atoms with Gasteiger partial charge in [0.05, 0.1) is 18.8 Å². The van der Waals surface area contributed by atoms with Crippen LogP contribution in [0.1, 0.15) is 42.5 Å². The average Bonchev–Trinajstić information content (AvgIpc) is 2.54. The smallest absolute Gasteiger partial charge is 0.0898 e. The summed E-state index contributed by atoms with van der Waals surface area (Å²) in [4.78, 5) is 0. The Labute approximate surface area is 133 Å². The Morgan fingerprint density at radius 1 is 1.32 bits per heavy atom. The molecule has 0 spiro atoms. The lowest BCUT2D eigenvalue weighted by molar-refractivity contribution is -0.0588. The lowest BCUT2D eigenvalue weighted by Gasteiger charge is -2.24. The summed E-state index contributed by atoms with van der Waals surface area (Å²) < 4.78 is 11.1. The second-order valence-electron chi connectivity index (χ2n) is 6.22. The van der Waals surface area contributed by atoms with Gasteiger partial charge in [0.1, 0.15) is 0 Å². The summed E-state index contributed by atoms with van der Waals surface area (Å²) in [5.41, 5.74) is 3.91. The van der Waals surface area contributed by atoms with Crippen molar-refractivity contribution in [2.45, 2.75) is 51.9 Å². The number of aliphatic hydroxyl groups excluding tert-OH is 1. The molecule has 124 valence electrons. The van der Waals surface area contributed by atoms with Crippen LogP contribution >= 0.6 is 0 Å². The lowest BCUT2D eigenvalue weighted by Crippen LogP contribution is -2.34. The van der Waals surface area contributed by atoms with Crippen molar-refractivity contribution in [2.75, 3.05) is 26.4 Å². The summed E-state index contributed by atoms with van der Waals surface area (Å²) >= 11 is 0. The first kappa shape index (κ1) is 17.4. The normalized spacial score (nSPS) is 19.1. The van der Waals surface area contributed by atoms with Crippen LogP contribution in [0.3, 0.4) is 0 Å². The first-order valence-corrected chi connectivity index (χ1v) is 8.25. The van der Waals surface area contributed by atoms with Gasteiger partial charge in [-0.05, 0) is 50.3 Å². The lowest BCUT2D eigenvalue weighted by atomic mass is 9.98. The summed E-state index contributed by atoms with van der Waals surface area (Å²) in [5, 5.41) is 13.5. The predicted molar refractivity (Wildman–Crippen MR) is 88.1 cm³/mol. The molecule has 2 atom stereocenters. The van der Waals surface area contributed by atoms with Crippen molar-refractivity contribution in [2.24, 2.45) is 0 Å². The SMILES string of the molecule is Cc1cccc(C(C)NCC(O)COC2CCOCC2)c1C. The minimum atomic E-state index is -0.476. The van der Waals surface area contributed by atoms with Gasteiger partial charge in [0.25, 0.3) is 0 Å². The van der Waals surface area contributed by atoms with Crippen LogP contribution in [0.15, 0.2) is 18.2 Å². The molecule has 2 unspecified atom stereocenters. The van der Waals surface area contributed by atoms with Crippen LogP contribution in [0.5, 0.6) is 0 Å². The number of aliphatic hydroxyl groups is 1. The zero-order valence-electron chi connectivity index (χ0n) is 14.0. The third-order valence-corrected chi connectivity index (χ3v) is 4.47. The van der Waals surface area contributed by atoms with Crippen LogP contribution in [-0.4, -0.2) is 43.7 Å². The van der Waals surface area contributed by atoms with E-state index in [1.807, 2.05) is 0 Å². The number of benzene rings is 1. The van der Waals surface area contributed by atoms with Gasteiger partial charge >= 0.3 is 0 Å². The third-order valence-electron chi connectivity index (χ3n) is 4.47. The van der Waals surface area contributed by atoms with E-state index < -0.39 is 6.10 Å². The summed E-state index contributed by atoms with van der Waals surface area (Å²) in [5.74, 6) is 0. The third kappa shape index (κ3) is 5.06. The van der Waals surface area contributed by atoms with E-state index in [9.17, 15) is 5.11 Å². The van der Waals surface area contributed by atoms with Gasteiger partial charge in [-0.1, -0.05) is 18.2 Å². The molecule has 1 fully saturated rings. The van der Waals surface area contributed by atoms with E-state index >= 15 is 0 Å². The molecule has 2 N–H and O–H groups in total. The Morgan fingerprint density at radius 2 is 2.05 bits per heavy atom. The zero-order chi connectivity index (χ0) is 15.9. The van der Waals surface area contributed by atoms with Crippen LogP contribution in [-0.2, 0) is 9.47 Å². The van der Waals surface area contributed by atoms with Gasteiger partial charge in [-0.15, -0.1) is 0 Å². The molecule has 1 aromatic rings. The van der Waals surface area contributed by atoms with Gasteiger partial charge in [0.15, 0.2) is 0 Å². The molecule has 22 heavy (non-hydrogen) atoms. The number of aryl methyl sites for hydroxylation is 1. The van der Waals surface area contributed by atoms with E-state index in [1.54, 1.807) is 0 Å². The first-order chi connectivity index (χ1) is 10.6. The van der Waals surface area contributed by atoms with Crippen molar-refractivity contribution >= 4 is 0 Å². The molecule has 1 saturated heterocycles. The van der Waals surface area contributed by atoms with E-state index in [-0.39, 0.29) is 12.1 Å². The summed E-state index contributed by atoms with van der Waals surface area (Å²) in [6.07, 6.45) is 1.62. The highest BCUT2D eigenvalue weighted by atomic mass is 16.5. The van der Waals surface area contributed by atoms with Gasteiger partial charge < -0.3 is 19.9 Å². The molecule has 1 heterocycles. The quantitative estimate of drug-likeness (QED) is 0.813. The van der Waals surface area contributed by atoms with Crippen molar-refractivity contribution in [1.29, 1.82) is 0 Å². The van der Waals surface area contributed by atoms with Gasteiger partial charge in [0, 0.05) is 25.8 Å². The Hall–Kier alpha value is -0.940. The van der Waals surface area contributed by atoms with Crippen molar-refractivity contribution < 1.29 is 14.6 Å². The fourth-order valence-corrected chi connectivity index (χ4v) is 2.81. The Morgan fingerprint density at radius 3 is 2.77 bits per heavy atom. The van der Waals surface area contributed by atoms with Crippen molar-refractivity contribution in [3.63, 3.8) is 0 Å². The zero-order valence-corrected chi connectivity index (χ0v) is 14.0. The summed E-state index contributed by atoms with van der Waals surface area (Å²) in [6.45, 7) is 8.86. The Kier molecular flexibility index (Phi) is 6.83. The summed E-state index contributed by atoms with van der Waals surface area (Å²) in [7, 11) is 0. The van der Waals surface area contributed by atoms with Gasteiger partial charge in [-0.2, -0.15) is 0 Å². The van der Waals surface area contributed by atoms with Crippen LogP contribution in [0.2, 0.25) is 0 Å². The molecule has 0 bridgehead atoms. The molecule has 4 nitrogen and oxygen atoms in total. The predicted octanol–water partition coefficient (Wildman–Crippen LogP) is 2.51. The molecule has 1 aliphatic rings. The Bertz CT molecular complexity index is 458. The fourth-order valence-electron chi connectivity index (χ4n) is 2.81. The standard InChI is InChI=1S/C18H29NO3/c1-13-5-4-6-18(14(13)2)15(3)19-11-16(20)12-22-17-7-9-21-10-8-17/h4-6,15-17,19-20H,7-12H2,1-3H3. The Balaban J connectivity index is 1.73. The van der Waals surface area contributed by atoms with E-state index in [0.29, 0.717) is 13.2 Å². The topological polar surface area (TPSA) is 50.7 Å². The number of hydrogen-bond acceptors (Lipinski definition) is 4. The molecule has 1 aromatic carbocycles. The molecule has 0 aliphatic carbocycles. The largest absolute Gasteiger partial charge is 0.389 e. The average molecular weight is 307 g/mol. The molecular weight excluding hydrogens is 278 g/mol. The van der Waals surface area contributed by atoms with Gasteiger partial charge in [-0.25, -0.2) is 0 Å². The van der Waals surface area contributed by atoms with Crippen LogP contribution in [0, 0.1) is 13.8 Å². The van der Waals surface area contributed by atoms with Crippen molar-refractivity contribution in [3.8, 4) is 0 Å². The second kappa shape index (κ2) is 8.63. The fraction of sp³-hybridized carbons (Fsp3) is 0.667. The van der Waals surface area contributed by atoms with E-state index in [4.69, 9.17) is 9.47 Å². The first-order valence-electron chi connectivity index (χ1n) is 8.25. The highest BCUT2D eigenvalue weighted by molar-refractivity contribution is 5.34. The summed E-state index contributed by atoms with van der Waals surface area (Å²) in [6, 6.07) is 6.57. The van der Waals surface area contributed by atoms with Gasteiger partial charge in [0.2, 0.25) is 0 Å². The second-order valence-corrected chi connectivity index (χ2v) is 6.22. The monoisotopic (exact) mass is 307 g/mol. The van der Waals surface area contributed by atoms with Crippen LogP contribution in [0.4, 0.5) is 0 Å². The maximum absolute atomic E-state index is 10.1.